The molecule has 1 aromatic carbocycles. The quantitative estimate of drug-likeness (QED) is 0.266. The van der Waals surface area contributed by atoms with Crippen LogP contribution in [0.15, 0.2) is 16.6 Å². The van der Waals surface area contributed by atoms with Gasteiger partial charge in [0.2, 0.25) is 6.04 Å². The number of hydrogen-bond donors (Lipinski definition) is 0. The van der Waals surface area contributed by atoms with Gasteiger partial charge in [0.1, 0.15) is 0 Å². The molecule has 1 unspecified atom stereocenters. The number of benzene rings is 1. The van der Waals surface area contributed by atoms with Crippen LogP contribution in [0.4, 0.5) is 0 Å². The van der Waals surface area contributed by atoms with Crippen molar-refractivity contribution in [3.8, 4) is 11.5 Å². The Kier molecular flexibility index (Phi) is 7.02. The third-order valence-corrected chi connectivity index (χ3v) is 5.00. The molecule has 1 atom stereocenters. The Morgan fingerprint density at radius 3 is 2.75 bits per heavy atom. The van der Waals surface area contributed by atoms with Crippen molar-refractivity contribution in [2.75, 3.05) is 6.61 Å². The first kappa shape index (κ1) is 18.7. The maximum Gasteiger partial charge on any atom is 0.210 e. The summed E-state index contributed by atoms with van der Waals surface area (Å²) >= 11 is 3.40. The van der Waals surface area contributed by atoms with E-state index in [2.05, 4.69) is 15.9 Å². The SMILES string of the molecule is CC(CCCOc1c(OC2CCCC2)ccc(C=O)c1Br)[N+](=O)[O-]. The Morgan fingerprint density at radius 2 is 2.12 bits per heavy atom. The molecule has 2 rings (SSSR count). The van der Waals surface area contributed by atoms with Crippen LogP contribution in [0.5, 0.6) is 11.5 Å². The second-order valence-corrected chi connectivity index (χ2v) is 6.86. The fourth-order valence-corrected chi connectivity index (χ4v) is 3.25. The Morgan fingerprint density at radius 1 is 1.42 bits per heavy atom. The average Bonchev–Trinajstić information content (AvgIpc) is 3.06. The first-order valence-corrected chi connectivity index (χ1v) is 9.03. The van der Waals surface area contributed by atoms with Crippen molar-refractivity contribution in [1.29, 1.82) is 0 Å². The van der Waals surface area contributed by atoms with Crippen LogP contribution in [-0.4, -0.2) is 30.0 Å². The summed E-state index contributed by atoms with van der Waals surface area (Å²) in [6, 6.07) is 2.86. The van der Waals surface area contributed by atoms with Gasteiger partial charge in [0.15, 0.2) is 17.8 Å². The normalized spacial score (nSPS) is 15.9. The second kappa shape index (κ2) is 9.01. The zero-order valence-corrected chi connectivity index (χ0v) is 15.3. The Balaban J connectivity index is 2.03. The van der Waals surface area contributed by atoms with E-state index in [1.165, 1.54) is 0 Å². The first-order chi connectivity index (χ1) is 11.5. The molecule has 6 nitrogen and oxygen atoms in total. The second-order valence-electron chi connectivity index (χ2n) is 6.06. The molecular formula is C17H22BrNO5. The molecule has 0 aliphatic heterocycles. The minimum atomic E-state index is -0.590. The predicted octanol–water partition coefficient (Wildman–Crippen LogP) is 4.41. The fourth-order valence-electron chi connectivity index (χ4n) is 2.72. The summed E-state index contributed by atoms with van der Waals surface area (Å²) in [4.78, 5) is 21.5. The Hall–Kier alpha value is -1.63. The third-order valence-electron chi connectivity index (χ3n) is 4.19. The van der Waals surface area contributed by atoms with Gasteiger partial charge in [0, 0.05) is 23.8 Å². The van der Waals surface area contributed by atoms with Gasteiger partial charge in [-0.1, -0.05) is 0 Å². The van der Waals surface area contributed by atoms with Gasteiger partial charge in [-0.2, -0.15) is 0 Å². The van der Waals surface area contributed by atoms with Crippen molar-refractivity contribution < 1.29 is 19.2 Å². The van der Waals surface area contributed by atoms with Crippen LogP contribution in [0.3, 0.4) is 0 Å². The largest absolute Gasteiger partial charge is 0.488 e. The lowest BCUT2D eigenvalue weighted by Crippen LogP contribution is -2.16. The van der Waals surface area contributed by atoms with Crippen molar-refractivity contribution in [2.24, 2.45) is 0 Å². The standard InChI is InChI=1S/C17H22BrNO5/c1-12(19(21)22)5-4-10-23-17-15(24-14-6-2-3-7-14)9-8-13(11-20)16(17)18/h8-9,11-12,14H,2-7,10H2,1H3. The number of hydrogen-bond acceptors (Lipinski definition) is 5. The molecule has 0 bridgehead atoms. The smallest absolute Gasteiger partial charge is 0.210 e. The van der Waals surface area contributed by atoms with E-state index in [0.717, 1.165) is 32.0 Å². The van der Waals surface area contributed by atoms with Gasteiger partial charge in [0.05, 0.1) is 17.2 Å². The number of nitrogens with zero attached hydrogens (tertiary/aromatic N) is 1. The van der Waals surface area contributed by atoms with Gasteiger partial charge < -0.3 is 9.47 Å². The summed E-state index contributed by atoms with van der Waals surface area (Å²) in [6.07, 6.45) is 6.29. The van der Waals surface area contributed by atoms with E-state index in [1.54, 1.807) is 19.1 Å². The van der Waals surface area contributed by atoms with Gasteiger partial charge in [-0.25, -0.2) is 0 Å². The van der Waals surface area contributed by atoms with E-state index >= 15 is 0 Å². The lowest BCUT2D eigenvalue weighted by atomic mass is 10.2. The van der Waals surface area contributed by atoms with Gasteiger partial charge in [-0.05, 0) is 60.2 Å². The summed E-state index contributed by atoms with van der Waals surface area (Å²) in [5, 5.41) is 10.6. The van der Waals surface area contributed by atoms with Gasteiger partial charge >= 0.3 is 0 Å². The highest BCUT2D eigenvalue weighted by molar-refractivity contribution is 9.10. The van der Waals surface area contributed by atoms with E-state index in [4.69, 9.17) is 9.47 Å². The van der Waals surface area contributed by atoms with Crippen LogP contribution in [0.2, 0.25) is 0 Å². The molecule has 1 saturated carbocycles. The molecule has 0 saturated heterocycles. The Bertz CT molecular complexity index is 587. The number of halogens is 1. The van der Waals surface area contributed by atoms with E-state index < -0.39 is 6.04 Å². The van der Waals surface area contributed by atoms with E-state index in [0.29, 0.717) is 41.0 Å². The minimum Gasteiger partial charge on any atom is -0.488 e. The molecule has 0 aromatic heterocycles. The fraction of sp³-hybridized carbons (Fsp3) is 0.588. The van der Waals surface area contributed by atoms with Gasteiger partial charge in [0.25, 0.3) is 0 Å². The lowest BCUT2D eigenvalue weighted by molar-refractivity contribution is -0.519. The number of carbonyl (C=O) groups is 1. The van der Waals surface area contributed by atoms with Crippen LogP contribution in [0.1, 0.15) is 55.8 Å². The number of aldehydes is 1. The number of rotatable bonds is 9. The third kappa shape index (κ3) is 4.93. The highest BCUT2D eigenvalue weighted by atomic mass is 79.9. The molecule has 1 aliphatic carbocycles. The summed E-state index contributed by atoms with van der Waals surface area (Å²) in [5.74, 6) is 1.11. The van der Waals surface area contributed by atoms with E-state index in [9.17, 15) is 14.9 Å². The van der Waals surface area contributed by atoms with Gasteiger partial charge in [-0.15, -0.1) is 0 Å². The molecule has 7 heteroatoms. The van der Waals surface area contributed by atoms with Crippen molar-refractivity contribution in [3.63, 3.8) is 0 Å². The van der Waals surface area contributed by atoms with Crippen molar-refractivity contribution >= 4 is 22.2 Å². The van der Waals surface area contributed by atoms with Crippen molar-refractivity contribution in [1.82, 2.24) is 0 Å². The zero-order chi connectivity index (χ0) is 17.5. The van der Waals surface area contributed by atoms with Crippen LogP contribution >= 0.6 is 15.9 Å². The highest BCUT2D eigenvalue weighted by Crippen LogP contribution is 2.39. The van der Waals surface area contributed by atoms with Crippen molar-refractivity contribution in [2.45, 2.75) is 57.6 Å². The van der Waals surface area contributed by atoms with Gasteiger partial charge in [-0.3, -0.25) is 14.9 Å². The molecule has 24 heavy (non-hydrogen) atoms. The van der Waals surface area contributed by atoms with E-state index in [1.807, 2.05) is 0 Å². The maximum absolute atomic E-state index is 11.1. The van der Waals surface area contributed by atoms with Crippen LogP contribution < -0.4 is 9.47 Å². The Labute approximate surface area is 149 Å². The van der Waals surface area contributed by atoms with Crippen LogP contribution in [0, 0.1) is 10.1 Å². The molecular weight excluding hydrogens is 378 g/mol. The zero-order valence-electron chi connectivity index (χ0n) is 13.7. The summed E-state index contributed by atoms with van der Waals surface area (Å²) in [5.41, 5.74) is 0.488. The van der Waals surface area contributed by atoms with Crippen LogP contribution in [-0.2, 0) is 0 Å². The molecule has 132 valence electrons. The first-order valence-electron chi connectivity index (χ1n) is 8.23. The monoisotopic (exact) mass is 399 g/mol. The number of ether oxygens (including phenoxy) is 2. The average molecular weight is 400 g/mol. The number of nitro groups is 1. The summed E-state index contributed by atoms with van der Waals surface area (Å²) < 4.78 is 12.4. The summed E-state index contributed by atoms with van der Waals surface area (Å²) in [6.45, 7) is 1.91. The molecule has 0 amide bonds. The topological polar surface area (TPSA) is 78.7 Å². The minimum absolute atomic E-state index is 0.177. The summed E-state index contributed by atoms with van der Waals surface area (Å²) in [7, 11) is 0. The molecule has 1 aromatic rings. The molecule has 0 N–H and O–H groups in total. The predicted molar refractivity (Wildman–Crippen MR) is 93.6 cm³/mol. The van der Waals surface area contributed by atoms with Crippen molar-refractivity contribution in [3.05, 3.63) is 32.3 Å². The molecule has 1 aliphatic rings. The number of carbonyl (C=O) groups excluding carboxylic acids is 1. The molecule has 0 spiro atoms. The molecule has 1 fully saturated rings. The molecule has 0 heterocycles. The van der Waals surface area contributed by atoms with Crippen LogP contribution in [0.25, 0.3) is 0 Å². The van der Waals surface area contributed by atoms with E-state index in [-0.39, 0.29) is 11.0 Å². The highest BCUT2D eigenvalue weighted by Gasteiger charge is 2.21. The molecule has 0 radical (unpaired) electrons. The lowest BCUT2D eigenvalue weighted by Gasteiger charge is -2.18. The maximum atomic E-state index is 11.1.